The lowest BCUT2D eigenvalue weighted by Crippen LogP contribution is -2.57. The van der Waals surface area contributed by atoms with Crippen molar-refractivity contribution >= 4 is 28.1 Å². The number of ether oxygens (including phenoxy) is 1. The maximum Gasteiger partial charge on any atom is 0.185 e. The van der Waals surface area contributed by atoms with Crippen molar-refractivity contribution in [2.45, 2.75) is 44.8 Å². The Balaban J connectivity index is 2.20. The van der Waals surface area contributed by atoms with Crippen LogP contribution in [0.3, 0.4) is 0 Å². The fourth-order valence-corrected chi connectivity index (χ4v) is 3.48. The van der Waals surface area contributed by atoms with Crippen molar-refractivity contribution in [1.82, 2.24) is 4.98 Å². The Morgan fingerprint density at radius 3 is 2.41 bits per heavy atom. The molecule has 5 heteroatoms. The number of anilines is 1. The average molecular weight is 275 g/mol. The Hall–Kier alpha value is -0.320. The molecule has 3 nitrogen and oxygen atoms in total. The number of alkyl halides is 1. The minimum absolute atomic E-state index is 0.144. The van der Waals surface area contributed by atoms with E-state index in [1.807, 2.05) is 5.38 Å². The standard InChI is InChI=1S/C12H19ClN2OS/c1-11(2)7-15(8-12(3,4)16-11)10-14-9(5-13)6-17-10/h6H,5,7-8H2,1-4H3. The van der Waals surface area contributed by atoms with Crippen LogP contribution in [0.15, 0.2) is 5.38 Å². The van der Waals surface area contributed by atoms with Crippen LogP contribution in [0.5, 0.6) is 0 Å². The number of aromatic nitrogens is 1. The third-order valence-electron chi connectivity index (χ3n) is 2.64. The molecule has 0 radical (unpaired) electrons. The van der Waals surface area contributed by atoms with Crippen LogP contribution < -0.4 is 4.90 Å². The fraction of sp³-hybridized carbons (Fsp3) is 0.750. The van der Waals surface area contributed by atoms with Crippen molar-refractivity contribution in [3.8, 4) is 0 Å². The minimum atomic E-state index is -0.144. The Morgan fingerprint density at radius 2 is 1.94 bits per heavy atom. The molecule has 0 bridgehead atoms. The van der Waals surface area contributed by atoms with Gasteiger partial charge in [0, 0.05) is 18.5 Å². The zero-order valence-corrected chi connectivity index (χ0v) is 12.4. The molecule has 1 aromatic heterocycles. The predicted octanol–water partition coefficient (Wildman–Crippen LogP) is 3.28. The molecule has 17 heavy (non-hydrogen) atoms. The summed E-state index contributed by atoms with van der Waals surface area (Å²) in [5.74, 6) is 0.480. The second kappa shape index (κ2) is 4.41. The summed E-state index contributed by atoms with van der Waals surface area (Å²) in [6.45, 7) is 10.2. The Kier molecular flexibility index (Phi) is 3.40. The van der Waals surface area contributed by atoms with E-state index < -0.39 is 0 Å². The first-order chi connectivity index (χ1) is 7.81. The van der Waals surface area contributed by atoms with E-state index in [-0.39, 0.29) is 11.2 Å². The number of morpholine rings is 1. The van der Waals surface area contributed by atoms with Crippen LogP contribution >= 0.6 is 22.9 Å². The van der Waals surface area contributed by atoms with E-state index in [4.69, 9.17) is 16.3 Å². The maximum atomic E-state index is 6.06. The zero-order valence-electron chi connectivity index (χ0n) is 10.8. The predicted molar refractivity (Wildman–Crippen MR) is 73.1 cm³/mol. The number of rotatable bonds is 2. The molecule has 0 aliphatic carbocycles. The van der Waals surface area contributed by atoms with Crippen LogP contribution in [-0.2, 0) is 10.6 Å². The van der Waals surface area contributed by atoms with E-state index in [0.717, 1.165) is 23.9 Å². The van der Waals surface area contributed by atoms with Crippen LogP contribution in [-0.4, -0.2) is 29.3 Å². The van der Waals surface area contributed by atoms with Gasteiger partial charge in [-0.2, -0.15) is 0 Å². The molecule has 1 saturated heterocycles. The van der Waals surface area contributed by atoms with Gasteiger partial charge >= 0.3 is 0 Å². The summed E-state index contributed by atoms with van der Waals surface area (Å²) in [6.07, 6.45) is 0. The van der Waals surface area contributed by atoms with Gasteiger partial charge in [-0.1, -0.05) is 0 Å². The average Bonchev–Trinajstić information content (AvgIpc) is 2.60. The quantitative estimate of drug-likeness (QED) is 0.774. The van der Waals surface area contributed by atoms with Gasteiger partial charge in [0.1, 0.15) is 0 Å². The van der Waals surface area contributed by atoms with Gasteiger partial charge in [0.2, 0.25) is 0 Å². The number of thiazole rings is 1. The van der Waals surface area contributed by atoms with Crippen molar-refractivity contribution in [3.63, 3.8) is 0 Å². The molecule has 2 heterocycles. The van der Waals surface area contributed by atoms with Crippen molar-refractivity contribution in [3.05, 3.63) is 11.1 Å². The number of hydrogen-bond acceptors (Lipinski definition) is 4. The molecule has 0 aromatic carbocycles. The summed E-state index contributed by atoms with van der Waals surface area (Å²) >= 11 is 7.45. The first kappa shape index (κ1) is 13.1. The van der Waals surface area contributed by atoms with E-state index in [0.29, 0.717) is 5.88 Å². The summed E-state index contributed by atoms with van der Waals surface area (Å²) in [6, 6.07) is 0. The third kappa shape index (κ3) is 3.12. The monoisotopic (exact) mass is 274 g/mol. The number of nitrogens with zero attached hydrogens (tertiary/aromatic N) is 2. The molecule has 0 amide bonds. The summed E-state index contributed by atoms with van der Waals surface area (Å²) in [5.41, 5.74) is 0.664. The molecule has 1 aromatic rings. The Morgan fingerprint density at radius 1 is 1.35 bits per heavy atom. The molecule has 0 atom stereocenters. The summed E-state index contributed by atoms with van der Waals surface area (Å²) in [5, 5.41) is 3.07. The minimum Gasteiger partial charge on any atom is -0.366 e. The van der Waals surface area contributed by atoms with Gasteiger partial charge < -0.3 is 9.64 Å². The second-order valence-corrected chi connectivity index (χ2v) is 6.84. The molecule has 0 N–H and O–H groups in total. The molecule has 0 unspecified atom stereocenters. The number of hydrogen-bond donors (Lipinski definition) is 0. The summed E-state index contributed by atoms with van der Waals surface area (Å²) in [7, 11) is 0. The highest BCUT2D eigenvalue weighted by Gasteiger charge is 2.38. The van der Waals surface area contributed by atoms with Crippen LogP contribution in [0.2, 0.25) is 0 Å². The van der Waals surface area contributed by atoms with Gasteiger partial charge in [-0.3, -0.25) is 0 Å². The molecule has 1 fully saturated rings. The lowest BCUT2D eigenvalue weighted by atomic mass is 9.99. The topological polar surface area (TPSA) is 25.4 Å². The highest BCUT2D eigenvalue weighted by molar-refractivity contribution is 7.13. The third-order valence-corrected chi connectivity index (χ3v) is 3.87. The molecule has 1 aliphatic rings. The maximum absolute atomic E-state index is 6.06. The molecule has 1 aliphatic heterocycles. The van der Waals surface area contributed by atoms with Gasteiger partial charge in [0.05, 0.1) is 22.8 Å². The Labute approximate surface area is 112 Å². The van der Waals surface area contributed by atoms with Gasteiger partial charge in [0.15, 0.2) is 5.13 Å². The lowest BCUT2D eigenvalue weighted by Gasteiger charge is -2.47. The molecular weight excluding hydrogens is 256 g/mol. The summed E-state index contributed by atoms with van der Waals surface area (Å²) < 4.78 is 6.06. The van der Waals surface area contributed by atoms with Crippen molar-refractivity contribution < 1.29 is 4.74 Å². The lowest BCUT2D eigenvalue weighted by molar-refractivity contribution is -0.133. The molecular formula is C12H19ClN2OS. The van der Waals surface area contributed by atoms with Crippen molar-refractivity contribution in [1.29, 1.82) is 0 Å². The SMILES string of the molecule is CC1(C)CN(c2nc(CCl)cs2)CC(C)(C)O1. The van der Waals surface area contributed by atoms with E-state index in [2.05, 4.69) is 37.6 Å². The van der Waals surface area contributed by atoms with Gasteiger partial charge in [-0.05, 0) is 27.7 Å². The zero-order chi connectivity index (χ0) is 12.7. The summed E-state index contributed by atoms with van der Waals surface area (Å²) in [4.78, 5) is 6.84. The van der Waals surface area contributed by atoms with Crippen LogP contribution in [0.25, 0.3) is 0 Å². The van der Waals surface area contributed by atoms with Crippen molar-refractivity contribution in [2.24, 2.45) is 0 Å². The normalized spacial score (nSPS) is 22.8. The second-order valence-electron chi connectivity index (χ2n) is 5.73. The van der Waals surface area contributed by atoms with E-state index in [1.165, 1.54) is 0 Å². The highest BCUT2D eigenvalue weighted by Crippen LogP contribution is 2.32. The smallest absolute Gasteiger partial charge is 0.185 e. The van der Waals surface area contributed by atoms with Crippen molar-refractivity contribution in [2.75, 3.05) is 18.0 Å². The van der Waals surface area contributed by atoms with Crippen LogP contribution in [0.4, 0.5) is 5.13 Å². The van der Waals surface area contributed by atoms with Gasteiger partial charge in [-0.15, -0.1) is 22.9 Å². The first-order valence-corrected chi connectivity index (χ1v) is 7.18. The largest absolute Gasteiger partial charge is 0.366 e. The Bertz CT molecular complexity index is 387. The van der Waals surface area contributed by atoms with E-state index in [9.17, 15) is 0 Å². The molecule has 0 spiro atoms. The first-order valence-electron chi connectivity index (χ1n) is 5.77. The molecule has 0 saturated carbocycles. The van der Waals surface area contributed by atoms with E-state index in [1.54, 1.807) is 11.3 Å². The number of halogens is 1. The van der Waals surface area contributed by atoms with Crippen LogP contribution in [0.1, 0.15) is 33.4 Å². The molecule has 96 valence electrons. The fourth-order valence-electron chi connectivity index (χ4n) is 2.43. The van der Waals surface area contributed by atoms with E-state index >= 15 is 0 Å². The van der Waals surface area contributed by atoms with Gasteiger partial charge in [-0.25, -0.2) is 4.98 Å². The molecule has 2 rings (SSSR count). The van der Waals surface area contributed by atoms with Crippen LogP contribution in [0, 0.1) is 0 Å². The van der Waals surface area contributed by atoms with Gasteiger partial charge in [0.25, 0.3) is 0 Å². The highest BCUT2D eigenvalue weighted by atomic mass is 35.5.